The Morgan fingerprint density at radius 1 is 1.06 bits per heavy atom. The van der Waals surface area contributed by atoms with Crippen LogP contribution in [0.3, 0.4) is 0 Å². The minimum absolute atomic E-state index is 0.0151. The summed E-state index contributed by atoms with van der Waals surface area (Å²) in [6, 6.07) is 12.2. The molecule has 3 aromatic rings. The van der Waals surface area contributed by atoms with Gasteiger partial charge in [-0.05, 0) is 30.3 Å². The molecule has 2 aromatic carbocycles. The van der Waals surface area contributed by atoms with Crippen molar-refractivity contribution in [3.05, 3.63) is 87.3 Å². The van der Waals surface area contributed by atoms with Crippen molar-refractivity contribution < 1.29 is 28.6 Å². The van der Waals surface area contributed by atoms with Gasteiger partial charge in [0, 0.05) is 11.1 Å². The van der Waals surface area contributed by atoms with Crippen LogP contribution >= 0.6 is 23.2 Å². The summed E-state index contributed by atoms with van der Waals surface area (Å²) in [7, 11) is 2.90. The van der Waals surface area contributed by atoms with Gasteiger partial charge in [0.15, 0.2) is 5.75 Å². The average Bonchev–Trinajstić information content (AvgIpc) is 3.40. The lowest BCUT2D eigenvalue weighted by atomic mass is 9.94. The number of likely N-dealkylation sites (tertiary alicyclic amines) is 1. The number of furan rings is 1. The SMILES string of the molecule is COc1ccccc1C1/C(=C(\O)c2cc(Cl)c(OC)c(Cl)c2)C(=O)C(=O)N1Cc1ccco1. The molecule has 170 valence electrons. The van der Waals surface area contributed by atoms with Crippen molar-refractivity contribution in [1.82, 2.24) is 4.90 Å². The number of methoxy groups -OCH3 is 2. The van der Waals surface area contributed by atoms with Crippen LogP contribution in [0.25, 0.3) is 5.76 Å². The Bertz CT molecular complexity index is 1230. The van der Waals surface area contributed by atoms with Crippen LogP contribution in [0.2, 0.25) is 10.0 Å². The van der Waals surface area contributed by atoms with E-state index in [4.69, 9.17) is 37.1 Å². The summed E-state index contributed by atoms with van der Waals surface area (Å²) < 4.78 is 16.0. The molecule has 9 heteroatoms. The number of Topliss-reactive ketones (excluding diaryl/α,β-unsaturated/α-hetero) is 1. The highest BCUT2D eigenvalue weighted by Gasteiger charge is 2.47. The van der Waals surface area contributed by atoms with E-state index in [1.165, 1.54) is 37.5 Å². The first-order chi connectivity index (χ1) is 15.9. The number of hydrogen-bond donors (Lipinski definition) is 1. The first-order valence-electron chi connectivity index (χ1n) is 9.84. The summed E-state index contributed by atoms with van der Waals surface area (Å²) in [4.78, 5) is 27.6. The minimum atomic E-state index is -0.939. The predicted molar refractivity (Wildman–Crippen MR) is 123 cm³/mol. The summed E-state index contributed by atoms with van der Waals surface area (Å²) in [6.07, 6.45) is 1.48. The number of ether oxygens (including phenoxy) is 2. The van der Waals surface area contributed by atoms with Gasteiger partial charge in [0.1, 0.15) is 17.3 Å². The second kappa shape index (κ2) is 9.21. The number of carbonyl (C=O) groups is 2. The minimum Gasteiger partial charge on any atom is -0.507 e. The molecular formula is C24H19Cl2NO6. The molecule has 1 amide bonds. The predicted octanol–water partition coefficient (Wildman–Crippen LogP) is 5.23. The van der Waals surface area contributed by atoms with Gasteiger partial charge >= 0.3 is 0 Å². The summed E-state index contributed by atoms with van der Waals surface area (Å²) in [5, 5.41) is 11.5. The Morgan fingerprint density at radius 3 is 2.36 bits per heavy atom. The molecule has 1 aliphatic rings. The number of carbonyl (C=O) groups excluding carboxylic acids is 2. The molecule has 1 unspecified atom stereocenters. The number of amides is 1. The number of nitrogens with zero attached hydrogens (tertiary/aromatic N) is 1. The van der Waals surface area contributed by atoms with Gasteiger partial charge in [-0.15, -0.1) is 0 Å². The monoisotopic (exact) mass is 487 g/mol. The standard InChI is InChI=1S/C24H19Cl2NO6/c1-31-18-8-4-3-7-15(18)20-19(21(28)13-10-16(25)23(32-2)17(26)11-13)22(29)24(30)27(20)12-14-6-5-9-33-14/h3-11,20,28H,12H2,1-2H3/b21-19+. The Hall–Kier alpha value is -3.42. The fraction of sp³-hybridized carbons (Fsp3) is 0.167. The first kappa shape index (κ1) is 22.8. The highest BCUT2D eigenvalue weighted by atomic mass is 35.5. The quantitative estimate of drug-likeness (QED) is 0.291. The number of para-hydroxylation sites is 1. The molecule has 7 nitrogen and oxygen atoms in total. The Labute approximate surface area is 199 Å². The molecular weight excluding hydrogens is 469 g/mol. The van der Waals surface area contributed by atoms with Crippen molar-refractivity contribution in [3.63, 3.8) is 0 Å². The van der Waals surface area contributed by atoms with Crippen LogP contribution in [-0.2, 0) is 16.1 Å². The highest BCUT2D eigenvalue weighted by molar-refractivity contribution is 6.46. The summed E-state index contributed by atoms with van der Waals surface area (Å²) >= 11 is 12.5. The topological polar surface area (TPSA) is 89.2 Å². The molecule has 0 radical (unpaired) electrons. The van der Waals surface area contributed by atoms with Crippen molar-refractivity contribution in [3.8, 4) is 11.5 Å². The van der Waals surface area contributed by atoms with Crippen molar-refractivity contribution in [2.24, 2.45) is 0 Å². The molecule has 1 saturated heterocycles. The molecule has 2 heterocycles. The smallest absolute Gasteiger partial charge is 0.296 e. The van der Waals surface area contributed by atoms with E-state index in [0.29, 0.717) is 17.1 Å². The van der Waals surface area contributed by atoms with E-state index in [1.54, 1.807) is 36.4 Å². The molecule has 1 fully saturated rings. The van der Waals surface area contributed by atoms with E-state index in [-0.39, 0.29) is 33.5 Å². The van der Waals surface area contributed by atoms with Gasteiger partial charge < -0.3 is 23.9 Å². The van der Waals surface area contributed by atoms with E-state index >= 15 is 0 Å². The zero-order chi connectivity index (χ0) is 23.7. The highest BCUT2D eigenvalue weighted by Crippen LogP contribution is 2.44. The molecule has 0 aliphatic carbocycles. The molecule has 33 heavy (non-hydrogen) atoms. The number of ketones is 1. The van der Waals surface area contributed by atoms with Gasteiger partial charge in [-0.3, -0.25) is 9.59 Å². The molecule has 1 aromatic heterocycles. The van der Waals surface area contributed by atoms with Crippen LogP contribution in [0, 0.1) is 0 Å². The van der Waals surface area contributed by atoms with Crippen LogP contribution in [0.15, 0.2) is 64.8 Å². The lowest BCUT2D eigenvalue weighted by Gasteiger charge is -2.25. The number of aliphatic hydroxyl groups is 1. The Morgan fingerprint density at radius 2 is 1.76 bits per heavy atom. The summed E-state index contributed by atoms with van der Waals surface area (Å²) in [5.41, 5.74) is 0.577. The molecule has 1 N–H and O–H groups in total. The van der Waals surface area contributed by atoms with Gasteiger partial charge in [0.25, 0.3) is 11.7 Å². The second-order valence-corrected chi connectivity index (χ2v) is 8.04. The first-order valence-corrected chi connectivity index (χ1v) is 10.6. The molecule has 0 spiro atoms. The fourth-order valence-corrected chi connectivity index (χ4v) is 4.52. The third-order valence-electron chi connectivity index (χ3n) is 5.36. The van der Waals surface area contributed by atoms with Gasteiger partial charge in [0.2, 0.25) is 0 Å². The lowest BCUT2D eigenvalue weighted by Crippen LogP contribution is -2.29. The van der Waals surface area contributed by atoms with Gasteiger partial charge in [0.05, 0.1) is 48.7 Å². The maximum atomic E-state index is 13.2. The molecule has 1 aliphatic heterocycles. The molecule has 0 bridgehead atoms. The largest absolute Gasteiger partial charge is 0.507 e. The van der Waals surface area contributed by atoms with Crippen molar-refractivity contribution >= 4 is 40.7 Å². The normalized spacial score (nSPS) is 17.5. The zero-order valence-electron chi connectivity index (χ0n) is 17.7. The molecule has 4 rings (SSSR count). The van der Waals surface area contributed by atoms with E-state index in [2.05, 4.69) is 0 Å². The van der Waals surface area contributed by atoms with Crippen molar-refractivity contribution in [1.29, 1.82) is 0 Å². The Balaban J connectivity index is 1.93. The Kier molecular flexibility index (Phi) is 6.35. The van der Waals surface area contributed by atoms with Crippen LogP contribution < -0.4 is 9.47 Å². The molecule has 0 saturated carbocycles. The van der Waals surface area contributed by atoms with Gasteiger partial charge in [-0.1, -0.05) is 41.4 Å². The third-order valence-corrected chi connectivity index (χ3v) is 5.92. The second-order valence-electron chi connectivity index (χ2n) is 7.22. The third kappa shape index (κ3) is 4.05. The van der Waals surface area contributed by atoms with E-state index in [0.717, 1.165) is 0 Å². The van der Waals surface area contributed by atoms with Gasteiger partial charge in [-0.2, -0.15) is 0 Å². The van der Waals surface area contributed by atoms with Crippen LogP contribution in [0.4, 0.5) is 0 Å². The van der Waals surface area contributed by atoms with Crippen LogP contribution in [0.1, 0.15) is 22.9 Å². The van der Waals surface area contributed by atoms with Crippen molar-refractivity contribution in [2.75, 3.05) is 14.2 Å². The van der Waals surface area contributed by atoms with Crippen LogP contribution in [0.5, 0.6) is 11.5 Å². The van der Waals surface area contributed by atoms with E-state index in [9.17, 15) is 14.7 Å². The fourth-order valence-electron chi connectivity index (χ4n) is 3.88. The maximum Gasteiger partial charge on any atom is 0.296 e. The number of benzene rings is 2. The lowest BCUT2D eigenvalue weighted by molar-refractivity contribution is -0.140. The number of hydrogen-bond acceptors (Lipinski definition) is 6. The number of aliphatic hydroxyl groups excluding tert-OH is 1. The number of halogens is 2. The summed E-state index contributed by atoms with van der Waals surface area (Å²) in [5.74, 6) is -0.891. The average molecular weight is 488 g/mol. The maximum absolute atomic E-state index is 13.2. The molecule has 1 atom stereocenters. The van der Waals surface area contributed by atoms with Crippen molar-refractivity contribution in [2.45, 2.75) is 12.6 Å². The number of rotatable bonds is 6. The summed E-state index contributed by atoms with van der Waals surface area (Å²) in [6.45, 7) is 0.0151. The van der Waals surface area contributed by atoms with E-state index < -0.39 is 23.5 Å². The zero-order valence-corrected chi connectivity index (χ0v) is 19.2. The van der Waals surface area contributed by atoms with Gasteiger partial charge in [-0.25, -0.2) is 0 Å². The van der Waals surface area contributed by atoms with Crippen LogP contribution in [-0.4, -0.2) is 35.9 Å². The van der Waals surface area contributed by atoms with E-state index in [1.807, 2.05) is 0 Å².